The van der Waals surface area contributed by atoms with Gasteiger partial charge in [-0.3, -0.25) is 19.2 Å². The molecular formula is C55H105NO11. The zero-order chi connectivity index (χ0) is 49.3. The van der Waals surface area contributed by atoms with Gasteiger partial charge in [-0.15, -0.1) is 0 Å². The molecule has 0 aromatic heterocycles. The smallest absolute Gasteiger partial charge is 0.308 e. The van der Waals surface area contributed by atoms with E-state index in [4.69, 9.17) is 33.2 Å². The van der Waals surface area contributed by atoms with E-state index in [9.17, 15) is 19.2 Å². The molecule has 0 fully saturated rings. The van der Waals surface area contributed by atoms with Crippen LogP contribution in [0.3, 0.4) is 0 Å². The lowest BCUT2D eigenvalue weighted by atomic mass is 9.94. The summed E-state index contributed by atoms with van der Waals surface area (Å²) < 4.78 is 39.2. The van der Waals surface area contributed by atoms with Gasteiger partial charge in [0.2, 0.25) is 0 Å². The predicted octanol–water partition coefficient (Wildman–Crippen LogP) is 12.9. The van der Waals surface area contributed by atoms with Crippen molar-refractivity contribution in [1.29, 1.82) is 0 Å². The first-order valence-electron chi connectivity index (χ1n) is 27.7. The summed E-state index contributed by atoms with van der Waals surface area (Å²) in [5.74, 6) is -0.850. The van der Waals surface area contributed by atoms with Gasteiger partial charge in [-0.25, -0.2) is 0 Å². The topological polar surface area (TPSA) is 136 Å². The molecule has 0 aromatic rings. The minimum absolute atomic E-state index is 0.0174. The second-order valence-electron chi connectivity index (χ2n) is 18.9. The fourth-order valence-corrected chi connectivity index (χ4v) is 8.17. The summed E-state index contributed by atoms with van der Waals surface area (Å²) in [6.07, 6.45) is 31.4. The molecule has 0 bridgehead atoms. The highest BCUT2D eigenvalue weighted by atomic mass is 16.6. The Labute approximate surface area is 411 Å². The van der Waals surface area contributed by atoms with Crippen LogP contribution in [0, 0.1) is 11.8 Å². The standard InChI is InChI=1S/C55H105NO11/c1-7-11-15-19-21-27-35-49(33-25-17-13-9-3)54(59)64-40-31-23-29-37-52(57)66-48-51(47-56(5)39-42-62-45-46-63-44-43-61-6)67-53(58)38-30-24-32-41-65-55(60)50(34-26-18-14-10-4)36-28-22-20-16-12-8-2/h49-51H,7-48H2,1-6H3/t49?,50-,51?/m0/s1. The summed E-state index contributed by atoms with van der Waals surface area (Å²) in [7, 11) is 3.55. The number of carbonyl (C=O) groups excluding carboxylic acids is 4. The molecule has 0 saturated heterocycles. The minimum atomic E-state index is -0.633. The lowest BCUT2D eigenvalue weighted by Gasteiger charge is -2.24. The number of rotatable bonds is 52. The maximum atomic E-state index is 13.0. The zero-order valence-electron chi connectivity index (χ0n) is 44.4. The Morgan fingerprint density at radius 1 is 0.418 bits per heavy atom. The summed E-state index contributed by atoms with van der Waals surface area (Å²) in [5.41, 5.74) is 0. The molecule has 67 heavy (non-hydrogen) atoms. The SMILES string of the molecule is CCCCCCCCC(CCCCCC)C(=O)OCCCCCC(=O)OCC(CN(C)CCOCCOCCOC)OC(=O)CCCCCOC(=O)[C@@H](CCCCCC)CCCCCCCC. The van der Waals surface area contributed by atoms with Crippen molar-refractivity contribution >= 4 is 23.9 Å². The third kappa shape index (κ3) is 43.5. The van der Waals surface area contributed by atoms with Gasteiger partial charge in [0.05, 0.1) is 58.1 Å². The molecule has 3 atom stereocenters. The van der Waals surface area contributed by atoms with Crippen LogP contribution in [0.5, 0.6) is 0 Å². The van der Waals surface area contributed by atoms with E-state index in [1.807, 2.05) is 11.9 Å². The van der Waals surface area contributed by atoms with E-state index in [1.165, 1.54) is 89.9 Å². The summed E-state index contributed by atoms with van der Waals surface area (Å²) >= 11 is 0. The number of carbonyl (C=O) groups is 4. The van der Waals surface area contributed by atoms with E-state index in [1.54, 1.807) is 7.11 Å². The average molecular weight is 956 g/mol. The van der Waals surface area contributed by atoms with E-state index in [-0.39, 0.29) is 55.2 Å². The van der Waals surface area contributed by atoms with Gasteiger partial charge in [0.1, 0.15) is 12.7 Å². The van der Waals surface area contributed by atoms with Crippen molar-refractivity contribution in [2.45, 2.75) is 239 Å². The lowest BCUT2D eigenvalue weighted by Crippen LogP contribution is -2.38. The van der Waals surface area contributed by atoms with Crippen LogP contribution in [0.4, 0.5) is 0 Å². The Hall–Kier alpha value is -2.28. The van der Waals surface area contributed by atoms with Crippen molar-refractivity contribution in [1.82, 2.24) is 4.90 Å². The van der Waals surface area contributed by atoms with Crippen LogP contribution in [-0.4, -0.2) is 115 Å². The Balaban J connectivity index is 4.89. The van der Waals surface area contributed by atoms with Gasteiger partial charge in [0, 0.05) is 33.0 Å². The Morgan fingerprint density at radius 2 is 0.806 bits per heavy atom. The van der Waals surface area contributed by atoms with Crippen LogP contribution in [0.25, 0.3) is 0 Å². The van der Waals surface area contributed by atoms with E-state index in [0.29, 0.717) is 85.0 Å². The molecule has 0 spiro atoms. The Bertz CT molecular complexity index is 1120. The normalized spacial score (nSPS) is 12.8. The number of ether oxygens (including phenoxy) is 7. The zero-order valence-corrected chi connectivity index (χ0v) is 44.4. The van der Waals surface area contributed by atoms with Crippen molar-refractivity contribution in [2.75, 3.05) is 80.1 Å². The van der Waals surface area contributed by atoms with Gasteiger partial charge in [-0.1, -0.05) is 156 Å². The molecule has 12 nitrogen and oxygen atoms in total. The molecule has 0 radical (unpaired) electrons. The molecule has 0 amide bonds. The number of methoxy groups -OCH3 is 1. The molecule has 0 aliphatic carbocycles. The molecule has 2 unspecified atom stereocenters. The number of hydrogen-bond donors (Lipinski definition) is 0. The number of likely N-dealkylation sites (N-methyl/N-ethyl adjacent to an activating group) is 1. The van der Waals surface area contributed by atoms with Crippen LogP contribution in [-0.2, 0) is 52.3 Å². The maximum Gasteiger partial charge on any atom is 0.308 e. The molecule has 0 rings (SSSR count). The third-order valence-electron chi connectivity index (χ3n) is 12.5. The van der Waals surface area contributed by atoms with E-state index in [0.717, 1.165) is 77.0 Å². The Kier molecular flexibility index (Phi) is 48.4. The maximum absolute atomic E-state index is 13.0. The molecule has 0 aliphatic heterocycles. The van der Waals surface area contributed by atoms with Gasteiger partial charge in [-0.05, 0) is 71.3 Å². The lowest BCUT2D eigenvalue weighted by molar-refractivity contribution is -0.160. The first-order chi connectivity index (χ1) is 32.7. The van der Waals surface area contributed by atoms with Gasteiger partial charge in [-0.2, -0.15) is 0 Å². The van der Waals surface area contributed by atoms with Crippen molar-refractivity contribution in [3.63, 3.8) is 0 Å². The molecule has 0 saturated carbocycles. The fraction of sp³-hybridized carbons (Fsp3) is 0.927. The van der Waals surface area contributed by atoms with Crippen LogP contribution < -0.4 is 0 Å². The number of hydrogen-bond acceptors (Lipinski definition) is 12. The molecule has 0 aromatic carbocycles. The molecule has 0 N–H and O–H groups in total. The van der Waals surface area contributed by atoms with Gasteiger partial charge < -0.3 is 38.1 Å². The van der Waals surface area contributed by atoms with Crippen LogP contribution in [0.1, 0.15) is 233 Å². The summed E-state index contributed by atoms with van der Waals surface area (Å²) in [6, 6.07) is 0. The van der Waals surface area contributed by atoms with Crippen molar-refractivity contribution < 1.29 is 52.3 Å². The predicted molar refractivity (Wildman–Crippen MR) is 271 cm³/mol. The minimum Gasteiger partial charge on any atom is -0.465 e. The highest BCUT2D eigenvalue weighted by Gasteiger charge is 2.22. The van der Waals surface area contributed by atoms with Crippen molar-refractivity contribution in [3.05, 3.63) is 0 Å². The fourth-order valence-electron chi connectivity index (χ4n) is 8.17. The first-order valence-corrected chi connectivity index (χ1v) is 27.7. The van der Waals surface area contributed by atoms with E-state index < -0.39 is 6.10 Å². The molecule has 0 heterocycles. The number of nitrogens with zero attached hydrogens (tertiary/aromatic N) is 1. The Morgan fingerprint density at radius 3 is 1.27 bits per heavy atom. The summed E-state index contributed by atoms with van der Waals surface area (Å²) in [5, 5.41) is 0. The summed E-state index contributed by atoms with van der Waals surface area (Å²) in [6.45, 7) is 13.0. The van der Waals surface area contributed by atoms with E-state index in [2.05, 4.69) is 27.7 Å². The van der Waals surface area contributed by atoms with Crippen molar-refractivity contribution in [3.8, 4) is 0 Å². The highest BCUT2D eigenvalue weighted by Crippen LogP contribution is 2.22. The summed E-state index contributed by atoms with van der Waals surface area (Å²) in [4.78, 5) is 53.9. The third-order valence-corrected chi connectivity index (χ3v) is 12.5. The largest absolute Gasteiger partial charge is 0.465 e. The molecule has 0 aliphatic rings. The number of unbranched alkanes of at least 4 members (excludes halogenated alkanes) is 20. The van der Waals surface area contributed by atoms with Crippen LogP contribution in [0.15, 0.2) is 0 Å². The first kappa shape index (κ1) is 64.7. The van der Waals surface area contributed by atoms with Gasteiger partial charge >= 0.3 is 23.9 Å². The number of esters is 4. The van der Waals surface area contributed by atoms with E-state index >= 15 is 0 Å². The van der Waals surface area contributed by atoms with Crippen molar-refractivity contribution in [2.24, 2.45) is 11.8 Å². The van der Waals surface area contributed by atoms with Crippen LogP contribution >= 0.6 is 0 Å². The molecule has 396 valence electrons. The van der Waals surface area contributed by atoms with Crippen LogP contribution in [0.2, 0.25) is 0 Å². The quantitative estimate of drug-likeness (QED) is 0.0326. The highest BCUT2D eigenvalue weighted by molar-refractivity contribution is 5.73. The second-order valence-corrected chi connectivity index (χ2v) is 18.9. The van der Waals surface area contributed by atoms with Gasteiger partial charge in [0.25, 0.3) is 0 Å². The monoisotopic (exact) mass is 956 g/mol. The molecule has 12 heteroatoms. The average Bonchev–Trinajstić information content (AvgIpc) is 3.32. The van der Waals surface area contributed by atoms with Gasteiger partial charge in [0.15, 0.2) is 0 Å². The second kappa shape index (κ2) is 50.1. The molecular weight excluding hydrogens is 851 g/mol.